The van der Waals surface area contributed by atoms with Crippen LogP contribution in [0.25, 0.3) is 22.3 Å². The second-order valence-corrected chi connectivity index (χ2v) is 11.0. The fraction of sp³-hybridized carbons (Fsp3) is 0.444. The Balaban J connectivity index is 2.08. The topological polar surface area (TPSA) is 63.2 Å². The standard InChI is InChI=1S/C36H48N4/c1-9-21-23(11-3)35-28(16-8)36-24(12-4)22(10-2)34(40-36)27(15-7)32-20-18-30(38-32)25(13-5)29-17-19-31(37-29)26(14-6)33(21)39-35/h17-20,37-40H,9-16H2,1-8H3. The zero-order valence-electron chi connectivity index (χ0n) is 26.0. The van der Waals surface area contributed by atoms with Gasteiger partial charge in [-0.05, 0) is 120 Å². The van der Waals surface area contributed by atoms with Crippen LogP contribution in [0, 0.1) is 0 Å². The van der Waals surface area contributed by atoms with Crippen molar-refractivity contribution < 1.29 is 0 Å². The summed E-state index contributed by atoms with van der Waals surface area (Å²) in [5.41, 5.74) is 16.4. The molecule has 4 heteroatoms. The molecule has 0 unspecified atom stereocenters. The highest BCUT2D eigenvalue weighted by molar-refractivity contribution is 5.75. The summed E-state index contributed by atoms with van der Waals surface area (Å²) in [5, 5.41) is 5.06. The predicted octanol–water partition coefficient (Wildman–Crippen LogP) is 6.00. The Hall–Kier alpha value is -3.40. The average Bonchev–Trinajstić information content (AvgIpc) is 3.76. The molecule has 4 N–H and O–H groups in total. The van der Waals surface area contributed by atoms with Crippen molar-refractivity contribution in [2.45, 2.75) is 107 Å². The maximum Gasteiger partial charge on any atom is 0.0473 e. The maximum absolute atomic E-state index is 4.04. The summed E-state index contributed by atoms with van der Waals surface area (Å²) in [6.45, 7) is 18.4. The van der Waals surface area contributed by atoms with Gasteiger partial charge in [0.15, 0.2) is 0 Å². The van der Waals surface area contributed by atoms with Gasteiger partial charge in [0.1, 0.15) is 0 Å². The third kappa shape index (κ3) is 4.36. The van der Waals surface area contributed by atoms with Gasteiger partial charge < -0.3 is 19.9 Å². The van der Waals surface area contributed by atoms with E-state index in [9.17, 15) is 0 Å². The average molecular weight is 537 g/mol. The molecule has 0 spiro atoms. The number of fused-ring (bicyclic) bond motifs is 8. The summed E-state index contributed by atoms with van der Waals surface area (Å²) >= 11 is 0. The molecule has 1 aliphatic heterocycles. The summed E-state index contributed by atoms with van der Waals surface area (Å²) in [4.78, 5) is 15.8. The van der Waals surface area contributed by atoms with E-state index < -0.39 is 0 Å². The fourth-order valence-corrected chi connectivity index (χ4v) is 7.25. The number of nitrogens with one attached hydrogen (secondary N) is 4. The van der Waals surface area contributed by atoms with Gasteiger partial charge in [-0.15, -0.1) is 0 Å². The highest BCUT2D eigenvalue weighted by atomic mass is 14.8. The van der Waals surface area contributed by atoms with E-state index in [1.807, 2.05) is 0 Å². The van der Waals surface area contributed by atoms with E-state index in [1.165, 1.54) is 88.7 Å². The minimum absolute atomic E-state index is 0.956. The molecule has 0 amide bonds. The zero-order chi connectivity index (χ0) is 28.6. The van der Waals surface area contributed by atoms with Gasteiger partial charge in [-0.3, -0.25) is 0 Å². The lowest BCUT2D eigenvalue weighted by Crippen LogP contribution is -2.19. The third-order valence-electron chi connectivity index (χ3n) is 9.14. The molecule has 0 fully saturated rings. The molecular weight excluding hydrogens is 488 g/mol. The normalized spacial score (nSPS) is 13.6. The van der Waals surface area contributed by atoms with Gasteiger partial charge in [0.2, 0.25) is 0 Å². The van der Waals surface area contributed by atoms with Crippen LogP contribution in [0.3, 0.4) is 0 Å². The summed E-state index contributed by atoms with van der Waals surface area (Å²) in [6, 6.07) is 9.11. The van der Waals surface area contributed by atoms with Gasteiger partial charge in [0.05, 0.1) is 0 Å². The predicted molar refractivity (Wildman–Crippen MR) is 170 cm³/mol. The molecular formula is C36H48N4. The third-order valence-corrected chi connectivity index (χ3v) is 9.14. The summed E-state index contributed by atoms with van der Waals surface area (Å²) in [7, 11) is 0. The summed E-state index contributed by atoms with van der Waals surface area (Å²) in [6.07, 6.45) is 7.94. The summed E-state index contributed by atoms with van der Waals surface area (Å²) in [5.74, 6) is 0. The lowest BCUT2D eigenvalue weighted by Gasteiger charge is -2.08. The molecule has 8 bridgehead atoms. The van der Waals surface area contributed by atoms with E-state index in [0.29, 0.717) is 0 Å². The van der Waals surface area contributed by atoms with Crippen LogP contribution in [0.2, 0.25) is 0 Å². The highest BCUT2D eigenvalue weighted by Gasteiger charge is 2.22. The molecule has 0 saturated heterocycles. The van der Waals surface area contributed by atoms with Crippen molar-refractivity contribution >= 4 is 22.3 Å². The van der Waals surface area contributed by atoms with Gasteiger partial charge in [0, 0.05) is 44.2 Å². The van der Waals surface area contributed by atoms with E-state index in [1.54, 1.807) is 0 Å². The number of hydrogen-bond acceptors (Lipinski definition) is 0. The molecule has 40 heavy (non-hydrogen) atoms. The number of aromatic amines is 4. The number of rotatable bonds is 8. The second kappa shape index (κ2) is 11.6. The van der Waals surface area contributed by atoms with Crippen LogP contribution < -0.4 is 21.4 Å². The Bertz CT molecular complexity index is 1780. The first-order valence-electron chi connectivity index (χ1n) is 15.8. The van der Waals surface area contributed by atoms with Crippen LogP contribution in [-0.4, -0.2) is 19.9 Å². The lowest BCUT2D eigenvalue weighted by molar-refractivity contribution is 1.02. The first-order chi connectivity index (χ1) is 19.5. The van der Waals surface area contributed by atoms with Crippen LogP contribution in [0.1, 0.15) is 126 Å². The molecule has 1 aliphatic rings. The van der Waals surface area contributed by atoms with Crippen molar-refractivity contribution in [3.8, 4) is 0 Å². The second-order valence-electron chi connectivity index (χ2n) is 11.0. The molecule has 0 atom stereocenters. The van der Waals surface area contributed by atoms with E-state index in [4.69, 9.17) is 0 Å². The Morgan fingerprint density at radius 2 is 0.825 bits per heavy atom. The molecule has 5 heterocycles. The molecule has 4 nitrogen and oxygen atoms in total. The van der Waals surface area contributed by atoms with E-state index in [2.05, 4.69) is 99.6 Å². The van der Waals surface area contributed by atoms with Gasteiger partial charge in [0.25, 0.3) is 0 Å². The number of hydrogen-bond donors (Lipinski definition) is 4. The van der Waals surface area contributed by atoms with Crippen LogP contribution in [0.4, 0.5) is 0 Å². The number of H-pyrrole nitrogens is 4. The molecule has 4 aromatic rings. The lowest BCUT2D eigenvalue weighted by atomic mass is 9.95. The number of aromatic nitrogens is 4. The quantitative estimate of drug-likeness (QED) is 0.214. The van der Waals surface area contributed by atoms with Crippen LogP contribution >= 0.6 is 0 Å². The van der Waals surface area contributed by atoms with Crippen LogP contribution in [0.15, 0.2) is 24.3 Å². The van der Waals surface area contributed by atoms with Crippen LogP contribution in [0.5, 0.6) is 0 Å². The minimum atomic E-state index is 0.956. The van der Waals surface area contributed by atoms with Crippen molar-refractivity contribution in [2.75, 3.05) is 0 Å². The van der Waals surface area contributed by atoms with Crippen molar-refractivity contribution in [2.24, 2.45) is 0 Å². The van der Waals surface area contributed by atoms with Gasteiger partial charge in [-0.1, -0.05) is 55.4 Å². The first kappa shape index (κ1) is 28.1. The molecule has 4 aromatic heterocycles. The van der Waals surface area contributed by atoms with Crippen molar-refractivity contribution in [3.63, 3.8) is 0 Å². The Morgan fingerprint density at radius 3 is 1.32 bits per heavy atom. The molecule has 0 aliphatic carbocycles. The minimum Gasteiger partial charge on any atom is -0.355 e. The van der Waals surface area contributed by atoms with Crippen molar-refractivity contribution in [1.29, 1.82) is 0 Å². The molecule has 5 rings (SSSR count). The highest BCUT2D eigenvalue weighted by Crippen LogP contribution is 2.31. The van der Waals surface area contributed by atoms with Crippen molar-refractivity contribution in [1.82, 2.24) is 19.9 Å². The fourth-order valence-electron chi connectivity index (χ4n) is 7.25. The zero-order valence-corrected chi connectivity index (χ0v) is 26.0. The molecule has 212 valence electrons. The molecule has 0 radical (unpaired) electrons. The molecule has 0 aromatic carbocycles. The van der Waals surface area contributed by atoms with E-state index >= 15 is 0 Å². The van der Waals surface area contributed by atoms with Gasteiger partial charge in [-0.2, -0.15) is 0 Å². The summed E-state index contributed by atoms with van der Waals surface area (Å²) < 4.78 is 0. The Labute approximate surface area is 239 Å². The smallest absolute Gasteiger partial charge is 0.0473 e. The van der Waals surface area contributed by atoms with E-state index in [0.717, 1.165) is 51.4 Å². The Kier molecular flexibility index (Phi) is 8.16. The first-order valence-corrected chi connectivity index (χ1v) is 15.8. The maximum atomic E-state index is 4.04. The Morgan fingerprint density at radius 1 is 0.375 bits per heavy atom. The van der Waals surface area contributed by atoms with Crippen LogP contribution in [-0.2, 0) is 25.7 Å². The monoisotopic (exact) mass is 536 g/mol. The van der Waals surface area contributed by atoms with Gasteiger partial charge >= 0.3 is 0 Å². The van der Waals surface area contributed by atoms with E-state index in [-0.39, 0.29) is 0 Å². The van der Waals surface area contributed by atoms with Crippen molar-refractivity contribution in [3.05, 3.63) is 90.7 Å². The molecule has 0 saturated carbocycles. The SMILES string of the molecule is CCC1=c2ccc([nH]2)=C(CC)c2[nH]c(c(CC)c2CC)C(CC)=c2[nH]c(c(CC)c2CC)=C(CC)c2ccc1[nH]2. The van der Waals surface area contributed by atoms with Gasteiger partial charge in [-0.25, -0.2) is 0 Å². The largest absolute Gasteiger partial charge is 0.355 e.